The number of hydrogen-bond donors (Lipinski definition) is 1. The number of benzene rings is 1. The minimum absolute atomic E-state index is 0.0709. The van der Waals surface area contributed by atoms with Gasteiger partial charge in [0.2, 0.25) is 0 Å². The second-order valence-electron chi connectivity index (χ2n) is 4.03. The number of halogens is 1. The molecule has 0 spiro atoms. The quantitative estimate of drug-likeness (QED) is 0.939. The van der Waals surface area contributed by atoms with Gasteiger partial charge >= 0.3 is 0 Å². The van der Waals surface area contributed by atoms with E-state index in [-0.39, 0.29) is 5.91 Å². The van der Waals surface area contributed by atoms with Crippen molar-refractivity contribution in [2.75, 3.05) is 0 Å². The molecule has 1 aromatic heterocycles. The number of thiazole rings is 1. The van der Waals surface area contributed by atoms with Crippen molar-refractivity contribution in [2.45, 2.75) is 20.4 Å². The molecule has 1 N–H and O–H groups in total. The molecule has 0 unspecified atom stereocenters. The number of carbonyl (C=O) groups is 1. The summed E-state index contributed by atoms with van der Waals surface area (Å²) in [5, 5.41) is 5.77. The van der Waals surface area contributed by atoms with Crippen LogP contribution in [0.25, 0.3) is 0 Å². The fourth-order valence-corrected chi connectivity index (χ4v) is 2.49. The van der Waals surface area contributed by atoms with Crippen LogP contribution in [0.15, 0.2) is 28.1 Å². The standard InChI is InChI=1S/C13H13BrN2OS/c1-8-5-10(3-4-11(8)14)13(17)15-6-12-16-9(2)7-18-12/h3-5,7H,6H2,1-2H3,(H,15,17). The van der Waals surface area contributed by atoms with Crippen LogP contribution in [0.2, 0.25) is 0 Å². The van der Waals surface area contributed by atoms with Crippen LogP contribution in [0.1, 0.15) is 26.6 Å². The van der Waals surface area contributed by atoms with Gasteiger partial charge in [-0.2, -0.15) is 0 Å². The zero-order chi connectivity index (χ0) is 13.1. The van der Waals surface area contributed by atoms with Gasteiger partial charge in [0.05, 0.1) is 6.54 Å². The molecule has 1 aromatic carbocycles. The monoisotopic (exact) mass is 324 g/mol. The van der Waals surface area contributed by atoms with Gasteiger partial charge in [0.1, 0.15) is 5.01 Å². The van der Waals surface area contributed by atoms with Crippen molar-refractivity contribution in [3.05, 3.63) is 49.9 Å². The van der Waals surface area contributed by atoms with Crippen LogP contribution in [0.5, 0.6) is 0 Å². The highest BCUT2D eigenvalue weighted by Gasteiger charge is 2.07. The summed E-state index contributed by atoms with van der Waals surface area (Å²) < 4.78 is 1.01. The van der Waals surface area contributed by atoms with Crippen molar-refractivity contribution in [2.24, 2.45) is 0 Å². The summed E-state index contributed by atoms with van der Waals surface area (Å²) in [6, 6.07) is 5.56. The molecule has 2 rings (SSSR count). The number of nitrogens with zero attached hydrogens (tertiary/aromatic N) is 1. The lowest BCUT2D eigenvalue weighted by Gasteiger charge is -2.05. The lowest BCUT2D eigenvalue weighted by Crippen LogP contribution is -2.22. The molecule has 0 saturated heterocycles. The normalized spacial score (nSPS) is 10.4. The van der Waals surface area contributed by atoms with Gasteiger partial charge < -0.3 is 5.32 Å². The Morgan fingerprint density at radius 2 is 2.22 bits per heavy atom. The molecule has 1 heterocycles. The van der Waals surface area contributed by atoms with E-state index in [9.17, 15) is 4.79 Å². The van der Waals surface area contributed by atoms with Crippen molar-refractivity contribution in [1.82, 2.24) is 10.3 Å². The number of rotatable bonds is 3. The minimum atomic E-state index is -0.0709. The summed E-state index contributed by atoms with van der Waals surface area (Å²) >= 11 is 4.98. The molecular weight excluding hydrogens is 312 g/mol. The van der Waals surface area contributed by atoms with E-state index >= 15 is 0 Å². The lowest BCUT2D eigenvalue weighted by molar-refractivity contribution is 0.0950. The van der Waals surface area contributed by atoms with E-state index in [2.05, 4.69) is 26.2 Å². The Morgan fingerprint density at radius 1 is 1.44 bits per heavy atom. The molecule has 2 aromatic rings. The molecule has 0 fully saturated rings. The van der Waals surface area contributed by atoms with Crippen LogP contribution in [0, 0.1) is 13.8 Å². The summed E-state index contributed by atoms with van der Waals surface area (Å²) in [5.41, 5.74) is 2.71. The smallest absolute Gasteiger partial charge is 0.251 e. The van der Waals surface area contributed by atoms with E-state index < -0.39 is 0 Å². The van der Waals surface area contributed by atoms with E-state index in [0.717, 1.165) is 20.7 Å². The van der Waals surface area contributed by atoms with Gasteiger partial charge in [-0.25, -0.2) is 4.98 Å². The van der Waals surface area contributed by atoms with Crippen LogP contribution in [-0.4, -0.2) is 10.9 Å². The Balaban J connectivity index is 2.01. The zero-order valence-electron chi connectivity index (χ0n) is 10.2. The fraction of sp³-hybridized carbons (Fsp3) is 0.231. The van der Waals surface area contributed by atoms with E-state index in [1.165, 1.54) is 0 Å². The molecular formula is C13H13BrN2OS. The maximum Gasteiger partial charge on any atom is 0.251 e. The summed E-state index contributed by atoms with van der Waals surface area (Å²) in [5.74, 6) is -0.0709. The molecule has 0 aliphatic rings. The second kappa shape index (κ2) is 5.63. The highest BCUT2D eigenvalue weighted by atomic mass is 79.9. The Hall–Kier alpha value is -1.20. The van der Waals surface area contributed by atoms with Crippen molar-refractivity contribution in [3.63, 3.8) is 0 Å². The number of hydrogen-bond acceptors (Lipinski definition) is 3. The van der Waals surface area contributed by atoms with Gasteiger partial charge in [0, 0.05) is 21.1 Å². The van der Waals surface area contributed by atoms with Crippen molar-refractivity contribution >= 4 is 33.2 Å². The summed E-state index contributed by atoms with van der Waals surface area (Å²) in [6.45, 7) is 4.39. The molecule has 0 saturated carbocycles. The van der Waals surface area contributed by atoms with E-state index in [4.69, 9.17) is 0 Å². The van der Waals surface area contributed by atoms with Crippen LogP contribution >= 0.6 is 27.3 Å². The van der Waals surface area contributed by atoms with E-state index in [1.54, 1.807) is 17.4 Å². The molecule has 94 valence electrons. The third-order valence-corrected chi connectivity index (χ3v) is 4.34. The Bertz CT molecular complexity index is 580. The van der Waals surface area contributed by atoms with Crippen LogP contribution in [0.3, 0.4) is 0 Å². The summed E-state index contributed by atoms with van der Waals surface area (Å²) in [6.07, 6.45) is 0. The number of carbonyl (C=O) groups excluding carboxylic acids is 1. The van der Waals surface area contributed by atoms with Crippen LogP contribution < -0.4 is 5.32 Å². The van der Waals surface area contributed by atoms with Crippen LogP contribution in [-0.2, 0) is 6.54 Å². The minimum Gasteiger partial charge on any atom is -0.346 e. The van der Waals surface area contributed by atoms with Gasteiger partial charge in [-0.1, -0.05) is 15.9 Å². The third-order valence-electron chi connectivity index (χ3n) is 2.49. The number of aryl methyl sites for hydroxylation is 2. The van der Waals surface area contributed by atoms with Gasteiger partial charge in [-0.15, -0.1) is 11.3 Å². The largest absolute Gasteiger partial charge is 0.346 e. The molecule has 5 heteroatoms. The first kappa shape index (κ1) is 13.2. The van der Waals surface area contributed by atoms with Gasteiger partial charge in [-0.05, 0) is 37.6 Å². The first-order chi connectivity index (χ1) is 8.56. The predicted octanol–water partition coefficient (Wildman–Crippen LogP) is 3.45. The molecule has 0 aliphatic heterocycles. The third kappa shape index (κ3) is 3.17. The predicted molar refractivity (Wildman–Crippen MR) is 76.9 cm³/mol. The Labute approximate surface area is 118 Å². The molecule has 0 aliphatic carbocycles. The van der Waals surface area contributed by atoms with E-state index in [0.29, 0.717) is 12.1 Å². The van der Waals surface area contributed by atoms with Crippen molar-refractivity contribution in [3.8, 4) is 0 Å². The Morgan fingerprint density at radius 3 is 2.83 bits per heavy atom. The highest BCUT2D eigenvalue weighted by Crippen LogP contribution is 2.17. The molecule has 0 radical (unpaired) electrons. The molecule has 3 nitrogen and oxygen atoms in total. The first-order valence-corrected chi connectivity index (χ1v) is 7.19. The van der Waals surface area contributed by atoms with Crippen molar-refractivity contribution < 1.29 is 4.79 Å². The van der Waals surface area contributed by atoms with Crippen molar-refractivity contribution in [1.29, 1.82) is 0 Å². The first-order valence-electron chi connectivity index (χ1n) is 5.51. The van der Waals surface area contributed by atoms with Crippen LogP contribution in [0.4, 0.5) is 0 Å². The molecule has 18 heavy (non-hydrogen) atoms. The second-order valence-corrected chi connectivity index (χ2v) is 5.83. The molecule has 0 atom stereocenters. The van der Waals surface area contributed by atoms with E-state index in [1.807, 2.05) is 31.4 Å². The topological polar surface area (TPSA) is 42.0 Å². The average molecular weight is 325 g/mol. The summed E-state index contributed by atoms with van der Waals surface area (Å²) in [4.78, 5) is 16.2. The van der Waals surface area contributed by atoms with Gasteiger partial charge in [0.25, 0.3) is 5.91 Å². The van der Waals surface area contributed by atoms with Gasteiger partial charge in [0.15, 0.2) is 0 Å². The number of aromatic nitrogens is 1. The maximum absolute atomic E-state index is 11.9. The van der Waals surface area contributed by atoms with Gasteiger partial charge in [-0.3, -0.25) is 4.79 Å². The highest BCUT2D eigenvalue weighted by molar-refractivity contribution is 9.10. The lowest BCUT2D eigenvalue weighted by atomic mass is 10.1. The zero-order valence-corrected chi connectivity index (χ0v) is 12.6. The SMILES string of the molecule is Cc1csc(CNC(=O)c2ccc(Br)c(C)c2)n1. The molecule has 0 bridgehead atoms. The molecule has 1 amide bonds. The number of nitrogens with one attached hydrogen (secondary N) is 1. The maximum atomic E-state index is 11.9. The fourth-order valence-electron chi connectivity index (χ4n) is 1.53. The number of amides is 1. The average Bonchev–Trinajstić information content (AvgIpc) is 2.75. The summed E-state index contributed by atoms with van der Waals surface area (Å²) in [7, 11) is 0. The Kier molecular flexibility index (Phi) is 4.14.